The molecule has 0 fully saturated rings. The van der Waals surface area contributed by atoms with E-state index < -0.39 is 10.0 Å². The van der Waals surface area contributed by atoms with Gasteiger partial charge in [-0.3, -0.25) is 4.72 Å². The van der Waals surface area contributed by atoms with Gasteiger partial charge < -0.3 is 9.84 Å². The average molecular weight is 434 g/mol. The molecule has 2 N–H and O–H groups in total. The van der Waals surface area contributed by atoms with Crippen molar-refractivity contribution >= 4 is 33.1 Å². The van der Waals surface area contributed by atoms with Crippen molar-refractivity contribution in [2.45, 2.75) is 0 Å². The van der Waals surface area contributed by atoms with Crippen LogP contribution in [0.5, 0.6) is 11.5 Å². The Morgan fingerprint density at radius 2 is 1.84 bits per heavy atom. The molecule has 4 aromatic rings. The Hall–Kier alpha value is -3.98. The quantitative estimate of drug-likeness (QED) is 0.474. The van der Waals surface area contributed by atoms with Gasteiger partial charge in [-0.05, 0) is 42.0 Å². The Morgan fingerprint density at radius 1 is 1.03 bits per heavy atom. The molecule has 0 bridgehead atoms. The maximum absolute atomic E-state index is 12.4. The Balaban J connectivity index is 1.62. The number of hydrogen-bond donors (Lipinski definition) is 2. The molecule has 0 aliphatic carbocycles. The fourth-order valence-corrected chi connectivity index (χ4v) is 3.65. The fourth-order valence-electron chi connectivity index (χ4n) is 2.86. The average Bonchev–Trinajstić information content (AvgIpc) is 2.78. The van der Waals surface area contributed by atoms with E-state index in [-0.39, 0.29) is 17.2 Å². The number of nitrogens with zero attached hydrogens (tertiary/aromatic N) is 3. The highest BCUT2D eigenvalue weighted by Gasteiger charge is 2.11. The molecule has 4 rings (SSSR count). The van der Waals surface area contributed by atoms with E-state index in [1.165, 1.54) is 25.4 Å². The van der Waals surface area contributed by atoms with Gasteiger partial charge in [0.05, 0.1) is 24.4 Å². The zero-order valence-electron chi connectivity index (χ0n) is 16.4. The van der Waals surface area contributed by atoms with E-state index >= 15 is 0 Å². The van der Waals surface area contributed by atoms with E-state index in [1.54, 1.807) is 36.4 Å². The zero-order valence-corrected chi connectivity index (χ0v) is 17.2. The van der Waals surface area contributed by atoms with Crippen LogP contribution in [0.25, 0.3) is 28.5 Å². The van der Waals surface area contributed by atoms with Gasteiger partial charge in [0.1, 0.15) is 5.52 Å². The summed E-state index contributed by atoms with van der Waals surface area (Å²) in [5, 5.41) is 10.8. The van der Waals surface area contributed by atoms with Crippen molar-refractivity contribution in [2.75, 3.05) is 11.8 Å². The number of ether oxygens (including phenoxy) is 1. The lowest BCUT2D eigenvalue weighted by atomic mass is 10.1. The molecule has 0 saturated heterocycles. The van der Waals surface area contributed by atoms with Crippen molar-refractivity contribution in [3.8, 4) is 22.8 Å². The minimum absolute atomic E-state index is 0.0204. The Bertz CT molecular complexity index is 1370. The van der Waals surface area contributed by atoms with Crippen molar-refractivity contribution < 1.29 is 18.3 Å². The molecule has 0 unspecified atom stereocenters. The van der Waals surface area contributed by atoms with E-state index in [0.717, 1.165) is 11.0 Å². The number of benzene rings is 2. The summed E-state index contributed by atoms with van der Waals surface area (Å²) in [5.41, 5.74) is 2.82. The number of hydrogen-bond acceptors (Lipinski definition) is 7. The van der Waals surface area contributed by atoms with Crippen LogP contribution in [-0.2, 0) is 10.0 Å². The molecular formula is C22H18N4O4S. The highest BCUT2D eigenvalue weighted by Crippen LogP contribution is 2.31. The third-order valence-corrected chi connectivity index (χ3v) is 5.36. The van der Waals surface area contributed by atoms with Crippen molar-refractivity contribution in [2.24, 2.45) is 0 Å². The number of nitrogens with one attached hydrogen (secondary N) is 1. The van der Waals surface area contributed by atoms with E-state index in [9.17, 15) is 13.5 Å². The Labute approximate surface area is 179 Å². The molecule has 0 aliphatic rings. The monoisotopic (exact) mass is 434 g/mol. The second-order valence-corrected chi connectivity index (χ2v) is 8.11. The van der Waals surface area contributed by atoms with Crippen LogP contribution in [0.15, 0.2) is 72.3 Å². The van der Waals surface area contributed by atoms with Crippen molar-refractivity contribution in [3.63, 3.8) is 0 Å². The van der Waals surface area contributed by atoms with Gasteiger partial charge in [0.2, 0.25) is 0 Å². The predicted molar refractivity (Wildman–Crippen MR) is 119 cm³/mol. The van der Waals surface area contributed by atoms with Crippen LogP contribution in [0.3, 0.4) is 0 Å². The maximum atomic E-state index is 12.4. The standard InChI is InChI=1S/C22H18N4O4S/c1-30-20-13-16(7-10-19(20)27)17-8-9-18-22(24-17)25-21(14-23-18)26-31(28,29)12-11-15-5-3-2-4-6-15/h2-14,27H,1H3,(H,24,25,26). The van der Waals surface area contributed by atoms with Crippen LogP contribution in [0.2, 0.25) is 0 Å². The van der Waals surface area contributed by atoms with Crippen LogP contribution in [0.1, 0.15) is 5.56 Å². The minimum Gasteiger partial charge on any atom is -0.504 e. The summed E-state index contributed by atoms with van der Waals surface area (Å²) in [5.74, 6) is 0.391. The van der Waals surface area contributed by atoms with Crippen LogP contribution in [0.4, 0.5) is 5.82 Å². The first-order chi connectivity index (χ1) is 14.9. The molecule has 0 spiro atoms. The topological polar surface area (TPSA) is 114 Å². The SMILES string of the molecule is COc1cc(-c2ccc3ncc(NS(=O)(=O)C=Cc4ccccc4)nc3n2)ccc1O. The van der Waals surface area contributed by atoms with Gasteiger partial charge >= 0.3 is 0 Å². The van der Waals surface area contributed by atoms with Gasteiger partial charge in [-0.2, -0.15) is 0 Å². The molecule has 2 heterocycles. The van der Waals surface area contributed by atoms with Crippen LogP contribution in [0, 0.1) is 0 Å². The second-order valence-electron chi connectivity index (χ2n) is 6.54. The summed E-state index contributed by atoms with van der Waals surface area (Å²) in [6, 6.07) is 17.4. The second kappa shape index (κ2) is 8.41. The van der Waals surface area contributed by atoms with Crippen LogP contribution >= 0.6 is 0 Å². The summed E-state index contributed by atoms with van der Waals surface area (Å²) < 4.78 is 32.3. The summed E-state index contributed by atoms with van der Waals surface area (Å²) in [6.45, 7) is 0. The molecule has 9 heteroatoms. The van der Waals surface area contributed by atoms with Crippen LogP contribution < -0.4 is 9.46 Å². The maximum Gasteiger partial charge on any atom is 0.256 e. The number of anilines is 1. The highest BCUT2D eigenvalue weighted by atomic mass is 32.2. The smallest absolute Gasteiger partial charge is 0.256 e. The lowest BCUT2D eigenvalue weighted by molar-refractivity contribution is 0.373. The molecular weight excluding hydrogens is 416 g/mol. The summed E-state index contributed by atoms with van der Waals surface area (Å²) in [6.07, 6.45) is 2.83. The molecule has 0 amide bonds. The lowest BCUT2D eigenvalue weighted by Gasteiger charge is -2.08. The first-order valence-electron chi connectivity index (χ1n) is 9.21. The molecule has 31 heavy (non-hydrogen) atoms. The van der Waals surface area contributed by atoms with Gasteiger partial charge in [-0.25, -0.2) is 23.4 Å². The zero-order chi connectivity index (χ0) is 21.8. The normalized spacial score (nSPS) is 11.6. The number of aromatic hydroxyl groups is 1. The van der Waals surface area contributed by atoms with Gasteiger partial charge in [0.15, 0.2) is 23.0 Å². The largest absolute Gasteiger partial charge is 0.504 e. The highest BCUT2D eigenvalue weighted by molar-refractivity contribution is 7.95. The molecule has 8 nitrogen and oxygen atoms in total. The molecule has 0 radical (unpaired) electrons. The number of phenolic OH excluding ortho intramolecular Hbond substituents is 1. The molecule has 2 aromatic heterocycles. The van der Waals surface area contributed by atoms with Gasteiger partial charge in [-0.1, -0.05) is 30.3 Å². The van der Waals surface area contributed by atoms with Crippen molar-refractivity contribution in [1.29, 1.82) is 0 Å². The van der Waals surface area contributed by atoms with E-state index in [1.807, 2.05) is 18.2 Å². The number of rotatable bonds is 6. The lowest BCUT2D eigenvalue weighted by Crippen LogP contribution is -2.10. The minimum atomic E-state index is -3.78. The molecule has 0 atom stereocenters. The summed E-state index contributed by atoms with van der Waals surface area (Å²) in [7, 11) is -2.32. The molecule has 156 valence electrons. The summed E-state index contributed by atoms with van der Waals surface area (Å²) >= 11 is 0. The van der Waals surface area contributed by atoms with Crippen molar-refractivity contribution in [1.82, 2.24) is 15.0 Å². The number of aromatic nitrogens is 3. The van der Waals surface area contributed by atoms with E-state index in [0.29, 0.717) is 22.5 Å². The number of methoxy groups -OCH3 is 1. The van der Waals surface area contributed by atoms with Crippen molar-refractivity contribution in [3.05, 3.63) is 77.8 Å². The molecule has 2 aromatic carbocycles. The fraction of sp³-hybridized carbons (Fsp3) is 0.0455. The number of fused-ring (bicyclic) bond motifs is 1. The third-order valence-electron chi connectivity index (χ3n) is 4.37. The predicted octanol–water partition coefficient (Wildman–Crippen LogP) is 3.82. The van der Waals surface area contributed by atoms with E-state index in [2.05, 4.69) is 19.7 Å². The number of phenols is 1. The van der Waals surface area contributed by atoms with Gasteiger partial charge in [0, 0.05) is 5.56 Å². The Morgan fingerprint density at radius 3 is 2.61 bits per heavy atom. The van der Waals surface area contributed by atoms with Gasteiger partial charge in [0.25, 0.3) is 10.0 Å². The number of pyridine rings is 1. The molecule has 0 saturated carbocycles. The summed E-state index contributed by atoms with van der Waals surface area (Å²) in [4.78, 5) is 13.0. The Kier molecular flexibility index (Phi) is 5.50. The number of sulfonamides is 1. The first-order valence-corrected chi connectivity index (χ1v) is 10.8. The van der Waals surface area contributed by atoms with Crippen LogP contribution in [-0.4, -0.2) is 35.6 Å². The first kappa shape index (κ1) is 20.3. The third kappa shape index (κ3) is 4.78. The molecule has 0 aliphatic heterocycles. The van der Waals surface area contributed by atoms with Gasteiger partial charge in [-0.15, -0.1) is 0 Å². The van der Waals surface area contributed by atoms with E-state index in [4.69, 9.17) is 4.74 Å².